The van der Waals surface area contributed by atoms with Crippen molar-refractivity contribution in [2.45, 2.75) is 26.1 Å². The Kier molecular flexibility index (Phi) is 4.48. The molecule has 0 amide bonds. The topological polar surface area (TPSA) is 95.0 Å². The van der Waals surface area contributed by atoms with Gasteiger partial charge in [0.1, 0.15) is 11.6 Å². The van der Waals surface area contributed by atoms with Crippen LogP contribution in [0.3, 0.4) is 0 Å². The Balaban J connectivity index is 1.48. The Morgan fingerprint density at radius 3 is 3.00 bits per heavy atom. The lowest BCUT2D eigenvalue weighted by Gasteiger charge is -2.32. The summed E-state index contributed by atoms with van der Waals surface area (Å²) in [4.78, 5) is 10.7. The lowest BCUT2D eigenvalue weighted by atomic mass is 10.1. The van der Waals surface area contributed by atoms with E-state index < -0.39 is 0 Å². The fourth-order valence-electron chi connectivity index (χ4n) is 3.21. The Hall–Kier alpha value is -2.65. The summed E-state index contributed by atoms with van der Waals surface area (Å²) in [5, 5.41) is 8.21. The second-order valence-electron chi connectivity index (χ2n) is 6.42. The number of nitrogens with two attached hydrogens (primary N) is 1. The van der Waals surface area contributed by atoms with Crippen molar-refractivity contribution < 1.29 is 9.13 Å². The van der Waals surface area contributed by atoms with E-state index in [1.54, 1.807) is 17.7 Å². The quantitative estimate of drug-likeness (QED) is 0.748. The largest absolute Gasteiger partial charge is 0.382 e. The molecule has 1 unspecified atom stereocenters. The lowest BCUT2D eigenvalue weighted by molar-refractivity contribution is -0.0402. The number of aromatic nitrogens is 5. The molecular weight excluding hydrogens is 337 g/mol. The highest BCUT2D eigenvalue weighted by Gasteiger charge is 2.23. The average Bonchev–Trinajstić information content (AvgIpc) is 3.00. The van der Waals surface area contributed by atoms with Crippen molar-refractivity contribution in [3.05, 3.63) is 41.5 Å². The van der Waals surface area contributed by atoms with Crippen LogP contribution in [-0.2, 0) is 17.8 Å². The van der Waals surface area contributed by atoms with E-state index in [-0.39, 0.29) is 11.9 Å². The zero-order chi connectivity index (χ0) is 18.1. The molecule has 1 aromatic carbocycles. The summed E-state index contributed by atoms with van der Waals surface area (Å²) in [5.41, 5.74) is 7.67. The van der Waals surface area contributed by atoms with Crippen LogP contribution in [0.15, 0.2) is 24.3 Å². The minimum absolute atomic E-state index is 0.0862. The van der Waals surface area contributed by atoms with E-state index in [1.807, 2.05) is 12.1 Å². The number of hydrogen-bond donors (Lipinski definition) is 1. The normalized spacial score (nSPS) is 18.5. The number of morpholine rings is 1. The highest BCUT2D eigenvalue weighted by Crippen LogP contribution is 2.17. The highest BCUT2D eigenvalue weighted by atomic mass is 19.1. The number of nitrogens with zero attached hydrogens (tertiary/aromatic N) is 6. The Morgan fingerprint density at radius 1 is 1.31 bits per heavy atom. The summed E-state index contributed by atoms with van der Waals surface area (Å²) in [6.45, 7) is 4.85. The Morgan fingerprint density at radius 2 is 2.15 bits per heavy atom. The number of halogens is 1. The van der Waals surface area contributed by atoms with Crippen LogP contribution in [0.1, 0.15) is 11.4 Å². The van der Waals surface area contributed by atoms with Crippen LogP contribution < -0.4 is 5.73 Å². The lowest BCUT2D eigenvalue weighted by Crippen LogP contribution is -2.44. The number of benzene rings is 1. The predicted molar refractivity (Wildman–Crippen MR) is 93.7 cm³/mol. The van der Waals surface area contributed by atoms with Crippen LogP contribution in [0, 0.1) is 12.7 Å². The maximum Gasteiger partial charge on any atom is 0.184 e. The maximum atomic E-state index is 13.9. The number of ether oxygens (including phenoxy) is 1. The number of aryl methyl sites for hydroxylation is 1. The minimum atomic E-state index is -0.180. The molecule has 0 aliphatic carbocycles. The van der Waals surface area contributed by atoms with Gasteiger partial charge < -0.3 is 10.5 Å². The van der Waals surface area contributed by atoms with Gasteiger partial charge in [-0.25, -0.2) is 19.0 Å². The van der Waals surface area contributed by atoms with Gasteiger partial charge in [-0.2, -0.15) is 0 Å². The van der Waals surface area contributed by atoms with E-state index in [9.17, 15) is 4.39 Å². The van der Waals surface area contributed by atoms with Gasteiger partial charge in [-0.15, -0.1) is 5.10 Å². The Labute approximate surface area is 149 Å². The second kappa shape index (κ2) is 6.93. The molecule has 1 fully saturated rings. The summed E-state index contributed by atoms with van der Waals surface area (Å²) < 4.78 is 21.4. The third kappa shape index (κ3) is 3.35. The molecule has 2 aromatic heterocycles. The number of hydrogen-bond acceptors (Lipinski definition) is 7. The first-order valence-corrected chi connectivity index (χ1v) is 8.51. The van der Waals surface area contributed by atoms with Crippen LogP contribution >= 0.6 is 0 Å². The second-order valence-corrected chi connectivity index (χ2v) is 6.42. The molecule has 4 rings (SSSR count). The van der Waals surface area contributed by atoms with Crippen LogP contribution in [0.2, 0.25) is 0 Å². The molecule has 0 saturated carbocycles. The summed E-state index contributed by atoms with van der Waals surface area (Å²) >= 11 is 0. The molecule has 0 radical (unpaired) electrons. The van der Waals surface area contributed by atoms with Crippen molar-refractivity contribution in [3.8, 4) is 0 Å². The first-order chi connectivity index (χ1) is 12.6. The van der Waals surface area contributed by atoms with E-state index in [0.717, 1.165) is 6.54 Å². The molecule has 1 aliphatic rings. The molecule has 26 heavy (non-hydrogen) atoms. The van der Waals surface area contributed by atoms with Gasteiger partial charge >= 0.3 is 0 Å². The van der Waals surface area contributed by atoms with Gasteiger partial charge in [-0.05, 0) is 13.0 Å². The van der Waals surface area contributed by atoms with E-state index in [4.69, 9.17) is 10.5 Å². The third-order valence-corrected chi connectivity index (χ3v) is 4.45. The average molecular weight is 357 g/mol. The molecule has 136 valence electrons. The van der Waals surface area contributed by atoms with Crippen molar-refractivity contribution in [1.29, 1.82) is 0 Å². The SMILES string of the molecule is Cc1nc(N)c2nnn(CC3CN(Cc4ccccc4F)CCO3)c2n1. The van der Waals surface area contributed by atoms with Crippen molar-refractivity contribution >= 4 is 17.0 Å². The van der Waals surface area contributed by atoms with Crippen molar-refractivity contribution in [1.82, 2.24) is 29.9 Å². The molecule has 3 heterocycles. The van der Waals surface area contributed by atoms with Gasteiger partial charge in [0.2, 0.25) is 0 Å². The third-order valence-electron chi connectivity index (χ3n) is 4.45. The molecule has 0 spiro atoms. The zero-order valence-corrected chi connectivity index (χ0v) is 14.5. The first-order valence-electron chi connectivity index (χ1n) is 8.51. The van der Waals surface area contributed by atoms with E-state index in [2.05, 4.69) is 25.2 Å². The summed E-state index contributed by atoms with van der Waals surface area (Å²) in [5.74, 6) is 0.717. The number of anilines is 1. The fraction of sp³-hybridized carbons (Fsp3) is 0.412. The predicted octanol–water partition coefficient (Wildman–Crippen LogP) is 1.15. The number of fused-ring (bicyclic) bond motifs is 1. The van der Waals surface area contributed by atoms with E-state index in [0.29, 0.717) is 54.6 Å². The van der Waals surface area contributed by atoms with Crippen LogP contribution in [0.25, 0.3) is 11.2 Å². The highest BCUT2D eigenvalue weighted by molar-refractivity contribution is 5.80. The summed E-state index contributed by atoms with van der Waals surface area (Å²) in [6.07, 6.45) is -0.0862. The fourth-order valence-corrected chi connectivity index (χ4v) is 3.21. The number of rotatable bonds is 4. The van der Waals surface area contributed by atoms with Crippen molar-refractivity contribution in [2.24, 2.45) is 0 Å². The van der Waals surface area contributed by atoms with Crippen molar-refractivity contribution in [3.63, 3.8) is 0 Å². The molecule has 1 atom stereocenters. The van der Waals surface area contributed by atoms with Crippen LogP contribution in [0.5, 0.6) is 0 Å². The van der Waals surface area contributed by atoms with E-state index >= 15 is 0 Å². The van der Waals surface area contributed by atoms with Gasteiger partial charge in [-0.3, -0.25) is 4.90 Å². The van der Waals surface area contributed by atoms with Crippen molar-refractivity contribution in [2.75, 3.05) is 25.4 Å². The van der Waals surface area contributed by atoms with Gasteiger partial charge in [-0.1, -0.05) is 23.4 Å². The molecule has 8 nitrogen and oxygen atoms in total. The summed E-state index contributed by atoms with van der Waals surface area (Å²) in [6, 6.07) is 6.85. The molecule has 9 heteroatoms. The molecular formula is C17H20FN7O. The van der Waals surface area contributed by atoms with E-state index in [1.165, 1.54) is 6.07 Å². The first kappa shape index (κ1) is 16.8. The van der Waals surface area contributed by atoms with Gasteiger partial charge in [0.05, 0.1) is 19.3 Å². The van der Waals surface area contributed by atoms with Gasteiger partial charge in [0.25, 0.3) is 0 Å². The molecule has 1 aliphatic heterocycles. The molecule has 3 aromatic rings. The standard InChI is InChI=1S/C17H20FN7O/c1-11-20-16(19)15-17(21-11)25(23-22-15)10-13-9-24(6-7-26-13)8-12-4-2-3-5-14(12)18/h2-5,13H,6-10H2,1H3,(H2,19,20,21). The smallest absolute Gasteiger partial charge is 0.184 e. The molecule has 1 saturated heterocycles. The van der Waals surface area contributed by atoms with Gasteiger partial charge in [0, 0.05) is 25.2 Å². The Bertz CT molecular complexity index is 929. The van der Waals surface area contributed by atoms with Crippen LogP contribution in [-0.4, -0.2) is 55.7 Å². The molecule has 2 N–H and O–H groups in total. The maximum absolute atomic E-state index is 13.9. The monoisotopic (exact) mass is 357 g/mol. The number of nitrogen functional groups attached to an aromatic ring is 1. The minimum Gasteiger partial charge on any atom is -0.382 e. The zero-order valence-electron chi connectivity index (χ0n) is 14.5. The summed E-state index contributed by atoms with van der Waals surface area (Å²) in [7, 11) is 0. The molecule has 0 bridgehead atoms. The van der Waals surface area contributed by atoms with Crippen LogP contribution in [0.4, 0.5) is 10.2 Å². The van der Waals surface area contributed by atoms with Gasteiger partial charge in [0.15, 0.2) is 17.0 Å².